The lowest BCUT2D eigenvalue weighted by molar-refractivity contribution is 0.308. The summed E-state index contributed by atoms with van der Waals surface area (Å²) in [6, 6.07) is 16.5. The molecule has 2 aromatic rings. The van der Waals surface area contributed by atoms with Gasteiger partial charge in [-0.2, -0.15) is 8.42 Å². The van der Waals surface area contributed by atoms with Crippen LogP contribution in [0.15, 0.2) is 59.5 Å². The van der Waals surface area contributed by atoms with Crippen LogP contribution >= 0.6 is 0 Å². The molecule has 0 amide bonds. The molecule has 0 radical (unpaired) electrons. The molecule has 29 heavy (non-hydrogen) atoms. The molecule has 0 heterocycles. The number of aryl methyl sites for hydroxylation is 1. The third kappa shape index (κ3) is 9.60. The fraction of sp³-hybridized carbons (Fsp3) is 0.520. The molecule has 4 heteroatoms. The lowest BCUT2D eigenvalue weighted by Crippen LogP contribution is -2.06. The minimum Gasteiger partial charge on any atom is -0.262 e. The third-order valence-electron chi connectivity index (χ3n) is 5.25. The van der Waals surface area contributed by atoms with Crippen LogP contribution < -0.4 is 0 Å². The molecule has 0 saturated heterocycles. The SMILES string of the molecule is CCCCCCCCCCCCc1ccc(S(=O)(=O)OCc2ccccc2)cc1. The summed E-state index contributed by atoms with van der Waals surface area (Å²) in [5.74, 6) is 0. The quantitative estimate of drug-likeness (QED) is 0.231. The highest BCUT2D eigenvalue weighted by atomic mass is 32.2. The van der Waals surface area contributed by atoms with Crippen LogP contribution in [0.25, 0.3) is 0 Å². The van der Waals surface area contributed by atoms with Gasteiger partial charge in [0.2, 0.25) is 0 Å². The first-order chi connectivity index (χ1) is 14.1. The molecule has 0 aliphatic rings. The standard InChI is InChI=1S/C25H36O3S/c1-2-3-4-5-6-7-8-9-10-12-15-23-18-20-25(21-19-23)29(26,27)28-22-24-16-13-11-14-17-24/h11,13-14,16-21H,2-10,12,15,22H2,1H3. The van der Waals surface area contributed by atoms with Gasteiger partial charge in [0.25, 0.3) is 10.1 Å². The Balaban J connectivity index is 1.64. The molecule has 2 rings (SSSR count). The highest BCUT2D eigenvalue weighted by molar-refractivity contribution is 7.86. The van der Waals surface area contributed by atoms with Crippen molar-refractivity contribution in [1.29, 1.82) is 0 Å². The minimum absolute atomic E-state index is 0.0591. The molecule has 160 valence electrons. The minimum atomic E-state index is -3.72. The van der Waals surface area contributed by atoms with Gasteiger partial charge in [0, 0.05) is 0 Å². The van der Waals surface area contributed by atoms with E-state index in [9.17, 15) is 8.42 Å². The molecule has 0 fully saturated rings. The zero-order chi connectivity index (χ0) is 20.8. The van der Waals surface area contributed by atoms with Gasteiger partial charge in [-0.1, -0.05) is 107 Å². The second-order valence-corrected chi connectivity index (χ2v) is 9.39. The van der Waals surface area contributed by atoms with Crippen LogP contribution in [0.5, 0.6) is 0 Å². The molecule has 3 nitrogen and oxygen atoms in total. The summed E-state index contributed by atoms with van der Waals surface area (Å²) < 4.78 is 29.9. The van der Waals surface area contributed by atoms with E-state index in [1.165, 1.54) is 63.4 Å². The summed E-state index contributed by atoms with van der Waals surface area (Å²) in [6.45, 7) is 2.32. The van der Waals surface area contributed by atoms with E-state index in [0.717, 1.165) is 18.4 Å². The van der Waals surface area contributed by atoms with E-state index in [4.69, 9.17) is 4.18 Å². The van der Waals surface area contributed by atoms with Crippen molar-refractivity contribution in [3.05, 3.63) is 65.7 Å². The molecule has 0 N–H and O–H groups in total. The van der Waals surface area contributed by atoms with Crippen LogP contribution in [0.3, 0.4) is 0 Å². The van der Waals surface area contributed by atoms with Crippen molar-refractivity contribution in [2.75, 3.05) is 0 Å². The molecule has 0 aliphatic carbocycles. The van der Waals surface area contributed by atoms with Gasteiger partial charge < -0.3 is 0 Å². The normalized spacial score (nSPS) is 11.6. The van der Waals surface area contributed by atoms with E-state index in [2.05, 4.69) is 6.92 Å². The predicted molar refractivity (Wildman–Crippen MR) is 120 cm³/mol. The van der Waals surface area contributed by atoms with E-state index in [1.807, 2.05) is 42.5 Å². The molecular formula is C25H36O3S. The Hall–Kier alpha value is -1.65. The zero-order valence-corrected chi connectivity index (χ0v) is 18.6. The van der Waals surface area contributed by atoms with E-state index in [1.54, 1.807) is 12.1 Å². The van der Waals surface area contributed by atoms with Crippen molar-refractivity contribution >= 4 is 10.1 Å². The second kappa shape index (κ2) is 13.6. The molecule has 0 bridgehead atoms. The number of unbranched alkanes of at least 4 members (excludes halogenated alkanes) is 9. The average Bonchev–Trinajstić information content (AvgIpc) is 2.75. The summed E-state index contributed by atoms with van der Waals surface area (Å²) in [4.78, 5) is 0.222. The lowest BCUT2D eigenvalue weighted by Gasteiger charge is -2.07. The van der Waals surface area contributed by atoms with E-state index in [0.29, 0.717) is 0 Å². The van der Waals surface area contributed by atoms with Crippen molar-refractivity contribution < 1.29 is 12.6 Å². The van der Waals surface area contributed by atoms with Crippen molar-refractivity contribution in [2.45, 2.75) is 89.1 Å². The molecule has 0 aliphatic heterocycles. The summed E-state index contributed by atoms with van der Waals surface area (Å²) in [5.41, 5.74) is 2.03. The summed E-state index contributed by atoms with van der Waals surface area (Å²) >= 11 is 0. The summed E-state index contributed by atoms with van der Waals surface area (Å²) in [6.07, 6.45) is 14.2. The third-order valence-corrected chi connectivity index (χ3v) is 6.53. The Morgan fingerprint density at radius 2 is 1.21 bits per heavy atom. The summed E-state index contributed by atoms with van der Waals surface area (Å²) in [7, 11) is -3.72. The first-order valence-electron chi connectivity index (χ1n) is 11.1. The number of hydrogen-bond acceptors (Lipinski definition) is 3. The number of hydrogen-bond donors (Lipinski definition) is 0. The Labute approximate surface area is 177 Å². The van der Waals surface area contributed by atoms with Crippen molar-refractivity contribution in [1.82, 2.24) is 0 Å². The van der Waals surface area contributed by atoms with Gasteiger partial charge >= 0.3 is 0 Å². The van der Waals surface area contributed by atoms with Gasteiger partial charge in [-0.3, -0.25) is 4.18 Å². The molecule has 0 aromatic heterocycles. The molecular weight excluding hydrogens is 380 g/mol. The first-order valence-corrected chi connectivity index (χ1v) is 12.5. The van der Waals surface area contributed by atoms with E-state index in [-0.39, 0.29) is 11.5 Å². The predicted octanol–water partition coefficient (Wildman–Crippen LogP) is 7.06. The first kappa shape index (κ1) is 23.6. The molecule has 0 atom stereocenters. The van der Waals surface area contributed by atoms with Gasteiger partial charge in [0.1, 0.15) is 0 Å². The maximum absolute atomic E-state index is 12.3. The topological polar surface area (TPSA) is 43.4 Å². The zero-order valence-electron chi connectivity index (χ0n) is 17.8. The van der Waals surface area contributed by atoms with Gasteiger partial charge in [-0.05, 0) is 36.1 Å². The summed E-state index contributed by atoms with van der Waals surface area (Å²) in [5, 5.41) is 0. The van der Waals surface area contributed by atoms with Crippen molar-refractivity contribution in [2.24, 2.45) is 0 Å². The van der Waals surface area contributed by atoms with E-state index < -0.39 is 10.1 Å². The highest BCUT2D eigenvalue weighted by Gasteiger charge is 2.15. The Bertz CT molecular complexity index is 767. The van der Waals surface area contributed by atoms with Gasteiger partial charge in [0.15, 0.2) is 0 Å². The molecule has 2 aromatic carbocycles. The molecule has 0 spiro atoms. The van der Waals surface area contributed by atoms with Crippen LogP contribution in [-0.2, 0) is 27.3 Å². The maximum Gasteiger partial charge on any atom is 0.297 e. The van der Waals surface area contributed by atoms with Crippen molar-refractivity contribution in [3.63, 3.8) is 0 Å². The van der Waals surface area contributed by atoms with Gasteiger partial charge in [-0.25, -0.2) is 0 Å². The fourth-order valence-corrected chi connectivity index (χ4v) is 4.32. The highest BCUT2D eigenvalue weighted by Crippen LogP contribution is 2.17. The fourth-order valence-electron chi connectivity index (χ4n) is 3.43. The average molecular weight is 417 g/mol. The van der Waals surface area contributed by atoms with Crippen LogP contribution in [0.4, 0.5) is 0 Å². The van der Waals surface area contributed by atoms with Gasteiger partial charge in [0.05, 0.1) is 11.5 Å². The smallest absolute Gasteiger partial charge is 0.262 e. The Morgan fingerprint density at radius 1 is 0.655 bits per heavy atom. The van der Waals surface area contributed by atoms with Crippen LogP contribution in [-0.4, -0.2) is 8.42 Å². The van der Waals surface area contributed by atoms with E-state index >= 15 is 0 Å². The molecule has 0 unspecified atom stereocenters. The number of benzene rings is 2. The maximum atomic E-state index is 12.3. The second-order valence-electron chi connectivity index (χ2n) is 7.78. The van der Waals surface area contributed by atoms with Crippen molar-refractivity contribution in [3.8, 4) is 0 Å². The molecule has 0 saturated carbocycles. The largest absolute Gasteiger partial charge is 0.297 e. The van der Waals surface area contributed by atoms with Crippen LogP contribution in [0, 0.1) is 0 Å². The Morgan fingerprint density at radius 3 is 1.79 bits per heavy atom. The van der Waals surface area contributed by atoms with Crippen LogP contribution in [0.1, 0.15) is 82.3 Å². The number of rotatable bonds is 15. The van der Waals surface area contributed by atoms with Crippen LogP contribution in [0.2, 0.25) is 0 Å². The van der Waals surface area contributed by atoms with Gasteiger partial charge in [-0.15, -0.1) is 0 Å². The monoisotopic (exact) mass is 416 g/mol. The lowest BCUT2D eigenvalue weighted by atomic mass is 10.0. The Kier molecular flexibility index (Phi) is 11.0.